The van der Waals surface area contributed by atoms with Crippen molar-refractivity contribution in [1.82, 2.24) is 5.32 Å². The average Bonchev–Trinajstić information content (AvgIpc) is 2.40. The highest BCUT2D eigenvalue weighted by Crippen LogP contribution is 2.39. The van der Waals surface area contributed by atoms with Crippen molar-refractivity contribution in [1.29, 1.82) is 0 Å². The number of carbonyl (C=O) groups excluding carboxylic acids is 1. The molecule has 1 amide bonds. The van der Waals surface area contributed by atoms with Crippen LogP contribution in [0.25, 0.3) is 0 Å². The molecule has 2 rings (SSSR count). The van der Waals surface area contributed by atoms with Crippen LogP contribution in [0, 0.1) is 0 Å². The molecular formula is C13H17NO5. The zero-order chi connectivity index (χ0) is 13.8. The Bertz CT molecular complexity index is 470. The molecular weight excluding hydrogens is 250 g/mol. The van der Waals surface area contributed by atoms with Gasteiger partial charge < -0.3 is 24.3 Å². The summed E-state index contributed by atoms with van der Waals surface area (Å²) < 4.78 is 20.7. The number of nitrogens with one attached hydrogen (secondary N) is 1. The Morgan fingerprint density at radius 2 is 1.84 bits per heavy atom. The summed E-state index contributed by atoms with van der Waals surface area (Å²) in [5.41, 5.74) is 0.409. The fourth-order valence-corrected chi connectivity index (χ4v) is 1.86. The molecule has 19 heavy (non-hydrogen) atoms. The van der Waals surface area contributed by atoms with E-state index in [4.69, 9.17) is 18.9 Å². The van der Waals surface area contributed by atoms with Gasteiger partial charge in [0, 0.05) is 0 Å². The van der Waals surface area contributed by atoms with Crippen molar-refractivity contribution in [3.05, 3.63) is 17.7 Å². The van der Waals surface area contributed by atoms with Crippen molar-refractivity contribution in [2.45, 2.75) is 6.04 Å². The lowest BCUT2D eigenvalue weighted by molar-refractivity contribution is -0.00351. The zero-order valence-electron chi connectivity index (χ0n) is 11.2. The van der Waals surface area contributed by atoms with Crippen LogP contribution in [0.1, 0.15) is 10.4 Å². The van der Waals surface area contributed by atoms with Gasteiger partial charge in [-0.3, -0.25) is 4.79 Å². The number of carbonyl (C=O) groups is 1. The van der Waals surface area contributed by atoms with Crippen LogP contribution in [0.15, 0.2) is 12.1 Å². The van der Waals surface area contributed by atoms with E-state index in [9.17, 15) is 4.79 Å². The highest BCUT2D eigenvalue weighted by atomic mass is 16.5. The molecule has 6 heteroatoms. The minimum absolute atomic E-state index is 0.0605. The first-order chi connectivity index (χ1) is 9.21. The number of rotatable bonds is 5. The van der Waals surface area contributed by atoms with Crippen molar-refractivity contribution in [2.75, 3.05) is 34.5 Å². The Hall–Kier alpha value is -1.95. The molecule has 1 fully saturated rings. The number of ether oxygens (including phenoxy) is 4. The largest absolute Gasteiger partial charge is 0.493 e. The van der Waals surface area contributed by atoms with E-state index in [1.54, 1.807) is 12.1 Å². The van der Waals surface area contributed by atoms with Gasteiger partial charge in [-0.1, -0.05) is 0 Å². The summed E-state index contributed by atoms with van der Waals surface area (Å²) in [7, 11) is 4.52. The first-order valence-corrected chi connectivity index (χ1v) is 5.88. The van der Waals surface area contributed by atoms with E-state index in [1.807, 2.05) is 0 Å². The number of benzene rings is 1. The molecule has 0 spiro atoms. The second-order valence-electron chi connectivity index (χ2n) is 4.09. The summed E-state index contributed by atoms with van der Waals surface area (Å²) in [5.74, 6) is 1.07. The van der Waals surface area contributed by atoms with Gasteiger partial charge in [0.25, 0.3) is 5.91 Å². The number of amides is 1. The Labute approximate surface area is 111 Å². The molecule has 1 aliphatic rings. The molecule has 0 saturated carbocycles. The maximum atomic E-state index is 12.2. The van der Waals surface area contributed by atoms with Gasteiger partial charge in [0.2, 0.25) is 5.75 Å². The first kappa shape index (κ1) is 13.5. The van der Waals surface area contributed by atoms with Gasteiger partial charge in [-0.05, 0) is 12.1 Å². The van der Waals surface area contributed by atoms with Crippen LogP contribution < -0.4 is 19.5 Å². The molecule has 1 N–H and O–H groups in total. The Kier molecular flexibility index (Phi) is 4.11. The molecule has 1 aliphatic heterocycles. The van der Waals surface area contributed by atoms with Crippen molar-refractivity contribution in [3.8, 4) is 17.2 Å². The molecule has 104 valence electrons. The molecule has 1 aromatic rings. The second kappa shape index (κ2) is 5.79. The molecule has 0 bridgehead atoms. The fraction of sp³-hybridized carbons (Fsp3) is 0.462. The number of hydrogen-bond donors (Lipinski definition) is 1. The lowest BCUT2D eigenvalue weighted by Crippen LogP contribution is -2.48. The fourth-order valence-electron chi connectivity index (χ4n) is 1.86. The van der Waals surface area contributed by atoms with Crippen molar-refractivity contribution in [3.63, 3.8) is 0 Å². The van der Waals surface area contributed by atoms with E-state index in [-0.39, 0.29) is 11.9 Å². The third-order valence-corrected chi connectivity index (χ3v) is 2.92. The van der Waals surface area contributed by atoms with E-state index < -0.39 is 0 Å². The maximum absolute atomic E-state index is 12.2. The van der Waals surface area contributed by atoms with Crippen LogP contribution in [0.2, 0.25) is 0 Å². The Balaban J connectivity index is 2.30. The maximum Gasteiger partial charge on any atom is 0.255 e. The molecule has 0 radical (unpaired) electrons. The summed E-state index contributed by atoms with van der Waals surface area (Å²) in [6.07, 6.45) is 0. The van der Waals surface area contributed by atoms with Crippen LogP contribution in [0.3, 0.4) is 0 Å². The van der Waals surface area contributed by atoms with Crippen molar-refractivity contribution >= 4 is 5.91 Å². The Morgan fingerprint density at radius 1 is 1.16 bits per heavy atom. The van der Waals surface area contributed by atoms with Gasteiger partial charge in [-0.2, -0.15) is 0 Å². The van der Waals surface area contributed by atoms with Gasteiger partial charge in [-0.25, -0.2) is 0 Å². The topological polar surface area (TPSA) is 66.0 Å². The van der Waals surface area contributed by atoms with Gasteiger partial charge in [0.15, 0.2) is 11.5 Å². The third-order valence-electron chi connectivity index (χ3n) is 2.92. The zero-order valence-corrected chi connectivity index (χ0v) is 11.2. The highest BCUT2D eigenvalue weighted by molar-refractivity contribution is 5.98. The molecule has 0 atom stereocenters. The van der Waals surface area contributed by atoms with Crippen LogP contribution in [-0.4, -0.2) is 46.5 Å². The monoisotopic (exact) mass is 267 g/mol. The lowest BCUT2D eigenvalue weighted by Gasteiger charge is -2.27. The van der Waals surface area contributed by atoms with Crippen LogP contribution in [0.4, 0.5) is 0 Å². The standard InChI is InChI=1S/C13H17NO5/c1-16-10-5-4-9(11(17-2)12(10)18-3)13(15)14-8-6-19-7-8/h4-5,8H,6-7H2,1-3H3,(H,14,15). The van der Waals surface area contributed by atoms with Gasteiger partial charge >= 0.3 is 0 Å². The second-order valence-corrected chi connectivity index (χ2v) is 4.09. The quantitative estimate of drug-likeness (QED) is 0.856. The summed E-state index contributed by atoms with van der Waals surface area (Å²) >= 11 is 0. The molecule has 1 aromatic carbocycles. The molecule has 0 aliphatic carbocycles. The van der Waals surface area contributed by atoms with Crippen LogP contribution in [-0.2, 0) is 4.74 Å². The highest BCUT2D eigenvalue weighted by Gasteiger charge is 2.25. The van der Waals surface area contributed by atoms with Gasteiger partial charge in [0.05, 0.1) is 46.1 Å². The third kappa shape index (κ3) is 2.58. The molecule has 1 heterocycles. The van der Waals surface area contributed by atoms with E-state index in [0.717, 1.165) is 0 Å². The van der Waals surface area contributed by atoms with E-state index in [2.05, 4.69) is 5.32 Å². The van der Waals surface area contributed by atoms with Crippen LogP contribution in [0.5, 0.6) is 17.2 Å². The summed E-state index contributed by atoms with van der Waals surface area (Å²) in [5, 5.41) is 2.86. The lowest BCUT2D eigenvalue weighted by atomic mass is 10.1. The predicted molar refractivity (Wildman–Crippen MR) is 68.2 cm³/mol. The smallest absolute Gasteiger partial charge is 0.255 e. The average molecular weight is 267 g/mol. The molecule has 6 nitrogen and oxygen atoms in total. The van der Waals surface area contributed by atoms with Gasteiger partial charge in [-0.15, -0.1) is 0 Å². The molecule has 1 saturated heterocycles. The van der Waals surface area contributed by atoms with E-state index >= 15 is 0 Å². The number of methoxy groups -OCH3 is 3. The minimum Gasteiger partial charge on any atom is -0.493 e. The summed E-state index contributed by atoms with van der Waals surface area (Å²) in [4.78, 5) is 12.2. The SMILES string of the molecule is COc1ccc(C(=O)NC2COC2)c(OC)c1OC. The summed E-state index contributed by atoms with van der Waals surface area (Å²) in [6, 6.07) is 3.38. The van der Waals surface area contributed by atoms with Gasteiger partial charge in [0.1, 0.15) is 0 Å². The minimum atomic E-state index is -0.217. The van der Waals surface area contributed by atoms with Crippen molar-refractivity contribution < 1.29 is 23.7 Å². The number of hydrogen-bond acceptors (Lipinski definition) is 5. The van der Waals surface area contributed by atoms with Crippen molar-refractivity contribution in [2.24, 2.45) is 0 Å². The van der Waals surface area contributed by atoms with E-state index in [1.165, 1.54) is 21.3 Å². The Morgan fingerprint density at radius 3 is 2.32 bits per heavy atom. The molecule has 0 unspecified atom stereocenters. The first-order valence-electron chi connectivity index (χ1n) is 5.88. The molecule has 0 aromatic heterocycles. The normalized spacial score (nSPS) is 14.5. The predicted octanol–water partition coefficient (Wildman–Crippen LogP) is 0.841. The van der Waals surface area contributed by atoms with Crippen LogP contribution >= 0.6 is 0 Å². The van der Waals surface area contributed by atoms with E-state index in [0.29, 0.717) is 36.0 Å². The summed E-state index contributed by atoms with van der Waals surface area (Å²) in [6.45, 7) is 1.09.